The number of nitrogens with zero attached hydrogens (tertiary/aromatic N) is 3. The summed E-state index contributed by atoms with van der Waals surface area (Å²) in [6.07, 6.45) is 0. The van der Waals surface area contributed by atoms with Gasteiger partial charge >= 0.3 is 5.69 Å². The van der Waals surface area contributed by atoms with Gasteiger partial charge in [-0.05, 0) is 12.0 Å². The van der Waals surface area contributed by atoms with Crippen molar-refractivity contribution in [3.05, 3.63) is 22.1 Å². The Labute approximate surface area is 124 Å². The van der Waals surface area contributed by atoms with Crippen LogP contribution in [0.15, 0.2) is 17.0 Å². The second-order valence-electron chi connectivity index (χ2n) is 4.45. The first-order valence-corrected chi connectivity index (χ1v) is 6.81. The third kappa shape index (κ3) is 4.24. The molecule has 1 rings (SSSR count). The summed E-state index contributed by atoms with van der Waals surface area (Å²) in [6, 6.07) is 3.64. The maximum Gasteiger partial charge on any atom is 0.400 e. The van der Waals surface area contributed by atoms with Gasteiger partial charge in [-0.25, -0.2) is 0 Å². The van der Waals surface area contributed by atoms with E-state index in [1.165, 1.54) is 0 Å². The van der Waals surface area contributed by atoms with Gasteiger partial charge in [0.25, 0.3) is 0 Å². The van der Waals surface area contributed by atoms with Crippen LogP contribution < -0.4 is 17.3 Å². The van der Waals surface area contributed by atoms with E-state index < -0.39 is 0 Å². The molecule has 0 spiro atoms. The van der Waals surface area contributed by atoms with Crippen molar-refractivity contribution < 1.29 is 12.4 Å². The van der Waals surface area contributed by atoms with Gasteiger partial charge in [-0.1, -0.05) is 25.4 Å². The monoisotopic (exact) mass is 305 g/mol. The maximum absolute atomic E-state index is 8.98. The van der Waals surface area contributed by atoms with Crippen LogP contribution in [0.1, 0.15) is 13.8 Å². The zero-order valence-corrected chi connectivity index (χ0v) is 13.3. The molecule has 0 aliphatic heterocycles. The fraction of sp³-hybridized carbons (Fsp3) is 0.500. The van der Waals surface area contributed by atoms with Crippen LogP contribution in [0.3, 0.4) is 0 Å². The van der Waals surface area contributed by atoms with Gasteiger partial charge in [0.2, 0.25) is 5.39 Å². The van der Waals surface area contributed by atoms with Crippen molar-refractivity contribution in [1.29, 1.82) is 5.39 Å². The fourth-order valence-electron chi connectivity index (χ4n) is 1.35. The highest BCUT2D eigenvalue weighted by Crippen LogP contribution is 2.42. The molecule has 0 saturated heterocycles. The SMILES string of the molecule is CC(C)CSc1c([N+]#N)ccc(N(C)C)c1Cl.[Cl-]. The molecule has 0 aromatic heterocycles. The molecule has 0 atom stereocenters. The average Bonchev–Trinajstić information content (AvgIpc) is 2.26. The molecule has 0 radical (unpaired) electrons. The minimum absolute atomic E-state index is 0. The van der Waals surface area contributed by atoms with Gasteiger partial charge in [0, 0.05) is 25.9 Å². The molecular formula is C12H17Cl2N3S. The van der Waals surface area contributed by atoms with E-state index in [0.717, 1.165) is 16.3 Å². The predicted molar refractivity (Wildman–Crippen MR) is 76.1 cm³/mol. The summed E-state index contributed by atoms with van der Waals surface area (Å²) in [5, 5.41) is 9.63. The zero-order chi connectivity index (χ0) is 13.0. The number of benzene rings is 1. The Morgan fingerprint density at radius 3 is 2.44 bits per heavy atom. The Morgan fingerprint density at radius 1 is 1.39 bits per heavy atom. The molecule has 1 aromatic carbocycles. The van der Waals surface area contributed by atoms with E-state index in [-0.39, 0.29) is 12.4 Å². The third-order valence-electron chi connectivity index (χ3n) is 2.21. The number of diazo groups is 1. The number of halogens is 2. The van der Waals surface area contributed by atoms with Gasteiger partial charge in [0.1, 0.15) is 4.90 Å². The molecule has 0 fully saturated rings. The standard InChI is InChI=1S/C12H17ClN3S.ClH/c1-8(2)7-17-12-9(15-14)5-6-10(11(12)13)16(3)4;/h5-6,8H,7H2,1-4H3;1H/q+1;/p-1. The zero-order valence-electron chi connectivity index (χ0n) is 10.9. The number of rotatable bonds is 4. The second kappa shape index (κ2) is 7.73. The van der Waals surface area contributed by atoms with Gasteiger partial charge in [-0.15, -0.1) is 11.8 Å². The first-order valence-electron chi connectivity index (χ1n) is 5.45. The van der Waals surface area contributed by atoms with Crippen LogP contribution in [0, 0.1) is 11.3 Å². The second-order valence-corrected chi connectivity index (χ2v) is 5.85. The van der Waals surface area contributed by atoms with Gasteiger partial charge in [0.15, 0.2) is 4.98 Å². The molecule has 0 unspecified atom stereocenters. The van der Waals surface area contributed by atoms with E-state index in [1.54, 1.807) is 17.8 Å². The summed E-state index contributed by atoms with van der Waals surface area (Å²) >= 11 is 7.96. The van der Waals surface area contributed by atoms with E-state index in [0.29, 0.717) is 16.6 Å². The molecular weight excluding hydrogens is 289 g/mol. The van der Waals surface area contributed by atoms with Gasteiger partial charge in [-0.2, -0.15) is 0 Å². The normalized spacial score (nSPS) is 9.83. The smallest absolute Gasteiger partial charge is 0.400 e. The molecule has 0 heterocycles. The van der Waals surface area contributed by atoms with Crippen LogP contribution in [-0.2, 0) is 0 Å². The molecule has 100 valence electrons. The predicted octanol–water partition coefficient (Wildman–Crippen LogP) is 1.64. The highest BCUT2D eigenvalue weighted by Gasteiger charge is 2.21. The summed E-state index contributed by atoms with van der Waals surface area (Å²) in [4.78, 5) is 6.08. The molecule has 0 saturated carbocycles. The van der Waals surface area contributed by atoms with Crippen molar-refractivity contribution in [2.75, 3.05) is 24.7 Å². The quantitative estimate of drug-likeness (QED) is 0.626. The van der Waals surface area contributed by atoms with E-state index in [1.807, 2.05) is 25.1 Å². The van der Waals surface area contributed by atoms with Crippen LogP contribution in [0.2, 0.25) is 5.02 Å². The van der Waals surface area contributed by atoms with Gasteiger partial charge in [0.05, 0.1) is 10.7 Å². The molecule has 6 heteroatoms. The highest BCUT2D eigenvalue weighted by atomic mass is 35.5. The lowest BCUT2D eigenvalue weighted by Gasteiger charge is -2.15. The number of hydrogen-bond acceptors (Lipinski definition) is 3. The lowest BCUT2D eigenvalue weighted by Crippen LogP contribution is -3.00. The number of anilines is 1. The highest BCUT2D eigenvalue weighted by molar-refractivity contribution is 7.99. The van der Waals surface area contributed by atoms with Crippen LogP contribution in [-0.4, -0.2) is 19.8 Å². The lowest BCUT2D eigenvalue weighted by molar-refractivity contribution is -0.00000390. The summed E-state index contributed by atoms with van der Waals surface area (Å²) in [5.74, 6) is 1.50. The molecule has 0 bridgehead atoms. The summed E-state index contributed by atoms with van der Waals surface area (Å²) in [5.41, 5.74) is 1.47. The first-order chi connectivity index (χ1) is 7.97. The summed E-state index contributed by atoms with van der Waals surface area (Å²) in [7, 11) is 3.88. The Morgan fingerprint density at radius 2 is 2.00 bits per heavy atom. The summed E-state index contributed by atoms with van der Waals surface area (Å²) in [6.45, 7) is 4.29. The van der Waals surface area contributed by atoms with Crippen LogP contribution in [0.25, 0.3) is 4.98 Å². The number of thioether (sulfide) groups is 1. The van der Waals surface area contributed by atoms with Crippen molar-refractivity contribution in [1.82, 2.24) is 0 Å². The molecule has 0 aliphatic carbocycles. The fourth-order valence-corrected chi connectivity index (χ4v) is 2.83. The minimum atomic E-state index is 0. The van der Waals surface area contributed by atoms with Crippen molar-refractivity contribution in [2.45, 2.75) is 18.7 Å². The first kappa shape index (κ1) is 17.4. The van der Waals surface area contributed by atoms with Gasteiger partial charge in [-0.3, -0.25) is 0 Å². The van der Waals surface area contributed by atoms with Gasteiger partial charge < -0.3 is 17.3 Å². The van der Waals surface area contributed by atoms with Crippen LogP contribution in [0.4, 0.5) is 11.4 Å². The third-order valence-corrected chi connectivity index (χ3v) is 4.24. The largest absolute Gasteiger partial charge is 1.00 e. The maximum atomic E-state index is 8.98. The Kier molecular flexibility index (Phi) is 7.46. The number of hydrogen-bond donors (Lipinski definition) is 0. The molecule has 0 amide bonds. The van der Waals surface area contributed by atoms with Crippen LogP contribution in [0.5, 0.6) is 0 Å². The van der Waals surface area contributed by atoms with Crippen molar-refractivity contribution >= 4 is 34.7 Å². The Hall–Kier alpha value is -0.630. The topological polar surface area (TPSA) is 31.4 Å². The molecule has 3 nitrogen and oxygen atoms in total. The van der Waals surface area contributed by atoms with Crippen molar-refractivity contribution in [3.8, 4) is 0 Å². The van der Waals surface area contributed by atoms with E-state index in [9.17, 15) is 0 Å². The van der Waals surface area contributed by atoms with E-state index >= 15 is 0 Å². The Bertz CT molecular complexity index is 442. The summed E-state index contributed by atoms with van der Waals surface area (Å²) < 4.78 is 0. The lowest BCUT2D eigenvalue weighted by atomic mass is 10.2. The minimum Gasteiger partial charge on any atom is -1.00 e. The van der Waals surface area contributed by atoms with Crippen molar-refractivity contribution in [3.63, 3.8) is 0 Å². The molecule has 1 aromatic rings. The van der Waals surface area contributed by atoms with Crippen molar-refractivity contribution in [2.24, 2.45) is 5.92 Å². The Balaban J connectivity index is 0.00000289. The van der Waals surface area contributed by atoms with E-state index in [4.69, 9.17) is 17.0 Å². The molecule has 18 heavy (non-hydrogen) atoms. The van der Waals surface area contributed by atoms with E-state index in [2.05, 4.69) is 18.8 Å². The average molecular weight is 306 g/mol. The van der Waals surface area contributed by atoms with Crippen LogP contribution >= 0.6 is 23.4 Å². The molecule has 0 aliphatic rings. The molecule has 0 N–H and O–H groups in total.